The lowest BCUT2D eigenvalue weighted by atomic mass is 9.85. The number of nitrogens with one attached hydrogen (secondary N) is 4. The van der Waals surface area contributed by atoms with Crippen LogP contribution in [0.15, 0.2) is 18.6 Å². The van der Waals surface area contributed by atoms with Gasteiger partial charge in [0.2, 0.25) is 23.5 Å². The fourth-order valence-corrected chi connectivity index (χ4v) is 6.54. The molecule has 2 unspecified atom stereocenters. The molecule has 0 radical (unpaired) electrons. The van der Waals surface area contributed by atoms with Crippen molar-refractivity contribution in [2.45, 2.75) is 117 Å². The minimum absolute atomic E-state index is 0.0109. The molecule has 13 nitrogen and oxygen atoms in total. The highest BCUT2D eigenvalue weighted by atomic mass is 16.2. The zero-order chi connectivity index (χ0) is 33.8. The molecule has 5 amide bonds. The van der Waals surface area contributed by atoms with Crippen molar-refractivity contribution in [3.05, 3.63) is 24.3 Å². The number of carbonyl (C=O) groups excluding carboxylic acids is 6. The zero-order valence-corrected chi connectivity index (χ0v) is 27.8. The van der Waals surface area contributed by atoms with E-state index in [0.29, 0.717) is 19.4 Å². The fourth-order valence-electron chi connectivity index (χ4n) is 6.54. The molecule has 4 rings (SSSR count). The van der Waals surface area contributed by atoms with Gasteiger partial charge < -0.3 is 26.2 Å². The second kappa shape index (κ2) is 14.7. The zero-order valence-electron chi connectivity index (χ0n) is 27.8. The van der Waals surface area contributed by atoms with Gasteiger partial charge in [0.1, 0.15) is 23.8 Å². The molecule has 2 saturated carbocycles. The van der Waals surface area contributed by atoms with E-state index in [0.717, 1.165) is 32.1 Å². The van der Waals surface area contributed by atoms with Crippen molar-refractivity contribution in [1.82, 2.24) is 36.1 Å². The topological polar surface area (TPSA) is 180 Å². The number of carbonyl (C=O) groups is 6. The molecular weight excluding hydrogens is 590 g/mol. The number of Topliss-reactive ketones (excluding diaryl/α,β-unsaturated/α-hetero) is 1. The van der Waals surface area contributed by atoms with Crippen molar-refractivity contribution in [1.29, 1.82) is 0 Å². The summed E-state index contributed by atoms with van der Waals surface area (Å²) in [6.45, 7) is 11.3. The van der Waals surface area contributed by atoms with E-state index in [2.05, 4.69) is 31.2 Å². The minimum atomic E-state index is -1.01. The van der Waals surface area contributed by atoms with Crippen LogP contribution in [-0.2, 0) is 24.0 Å². The molecule has 6 atom stereocenters. The van der Waals surface area contributed by atoms with E-state index in [1.165, 1.54) is 18.6 Å². The summed E-state index contributed by atoms with van der Waals surface area (Å²) >= 11 is 0. The first-order valence-electron chi connectivity index (χ1n) is 16.6. The third kappa shape index (κ3) is 8.27. The van der Waals surface area contributed by atoms with Gasteiger partial charge in [0, 0.05) is 25.0 Å². The number of hydrogen-bond acceptors (Lipinski definition) is 8. The number of hydrogen-bond donors (Lipinski definition) is 4. The minimum Gasteiger partial charge on any atom is -0.347 e. The number of aromatic nitrogens is 2. The SMILES string of the molecule is CCC[C@H](NC(=O)[C@@H]1C2CCCC2CN1C(=O)[C@@H](NC(=O)[C@@H](NC(=O)c1cnccn1)C(C)C)C(C)(C)C)C(=O)C(=O)NC1CC1. The maximum atomic E-state index is 14.4. The smallest absolute Gasteiger partial charge is 0.289 e. The lowest BCUT2D eigenvalue weighted by Gasteiger charge is -2.37. The molecule has 0 bridgehead atoms. The maximum Gasteiger partial charge on any atom is 0.289 e. The fraction of sp³-hybridized carbons (Fsp3) is 0.697. The molecule has 0 spiro atoms. The first-order valence-corrected chi connectivity index (χ1v) is 16.6. The number of nitrogens with zero attached hydrogens (tertiary/aromatic N) is 3. The highest BCUT2D eigenvalue weighted by molar-refractivity contribution is 6.38. The lowest BCUT2D eigenvalue weighted by Crippen LogP contribution is -2.62. The van der Waals surface area contributed by atoms with Gasteiger partial charge in [-0.15, -0.1) is 0 Å². The molecule has 252 valence electrons. The molecule has 1 aromatic rings. The van der Waals surface area contributed by atoms with Crippen LogP contribution < -0.4 is 21.3 Å². The molecule has 0 aromatic carbocycles. The highest BCUT2D eigenvalue weighted by Gasteiger charge is 2.52. The first kappa shape index (κ1) is 35.0. The van der Waals surface area contributed by atoms with Crippen molar-refractivity contribution in [3.8, 4) is 0 Å². The van der Waals surface area contributed by atoms with Gasteiger partial charge in [-0.2, -0.15) is 0 Å². The molecule has 4 N–H and O–H groups in total. The number of likely N-dealkylation sites (tertiary alicyclic amines) is 1. The number of ketones is 1. The summed E-state index contributed by atoms with van der Waals surface area (Å²) in [5.41, 5.74) is -0.685. The first-order chi connectivity index (χ1) is 21.7. The monoisotopic (exact) mass is 639 g/mol. The van der Waals surface area contributed by atoms with Crippen molar-refractivity contribution in [3.63, 3.8) is 0 Å². The van der Waals surface area contributed by atoms with Crippen molar-refractivity contribution < 1.29 is 28.8 Å². The van der Waals surface area contributed by atoms with E-state index < -0.39 is 64.9 Å². The van der Waals surface area contributed by atoms with Crippen LogP contribution in [0.5, 0.6) is 0 Å². The molecule has 3 aliphatic rings. The lowest BCUT2D eigenvalue weighted by molar-refractivity contribution is -0.146. The van der Waals surface area contributed by atoms with Crippen LogP contribution >= 0.6 is 0 Å². The largest absolute Gasteiger partial charge is 0.347 e. The molecule has 3 fully saturated rings. The van der Waals surface area contributed by atoms with Crippen molar-refractivity contribution >= 4 is 35.3 Å². The Balaban J connectivity index is 1.53. The van der Waals surface area contributed by atoms with E-state index in [9.17, 15) is 28.8 Å². The summed E-state index contributed by atoms with van der Waals surface area (Å²) in [4.78, 5) is 90.0. The van der Waals surface area contributed by atoms with E-state index in [-0.39, 0.29) is 29.5 Å². The van der Waals surface area contributed by atoms with Gasteiger partial charge in [0.15, 0.2) is 0 Å². The maximum absolute atomic E-state index is 14.4. The Kier molecular flexibility index (Phi) is 11.2. The number of rotatable bonds is 13. The van der Waals surface area contributed by atoms with Gasteiger partial charge in [0.25, 0.3) is 11.8 Å². The standard InChI is InChI=1S/C33H49N7O6/c1-7-9-22(26(41)31(45)36-20-12-13-20)37-30(44)25-21-11-8-10-19(21)17-40(25)32(46)27(33(4,5)6)39-29(43)24(18(2)3)38-28(42)23-16-34-14-15-35-23/h14-16,18-22,24-25,27H,7-13,17H2,1-6H3,(H,36,45)(H,37,44)(H,38,42)(H,39,43)/t19?,21?,22-,24-,25-,27+/m0/s1. The molecule has 2 heterocycles. The van der Waals surface area contributed by atoms with Crippen LogP contribution in [0.2, 0.25) is 0 Å². The van der Waals surface area contributed by atoms with Gasteiger partial charge in [-0.3, -0.25) is 33.8 Å². The summed E-state index contributed by atoms with van der Waals surface area (Å²) in [6.07, 6.45) is 9.25. The second-order valence-electron chi connectivity index (χ2n) is 14.3. The van der Waals surface area contributed by atoms with Crippen LogP contribution in [0, 0.1) is 23.2 Å². The van der Waals surface area contributed by atoms with Gasteiger partial charge >= 0.3 is 0 Å². The predicted octanol–water partition coefficient (Wildman–Crippen LogP) is 1.52. The van der Waals surface area contributed by atoms with Crippen LogP contribution in [-0.4, -0.2) is 86.9 Å². The molecule has 1 aliphatic heterocycles. The van der Waals surface area contributed by atoms with Crippen molar-refractivity contribution in [2.24, 2.45) is 23.2 Å². The Labute approximate surface area is 270 Å². The highest BCUT2D eigenvalue weighted by Crippen LogP contribution is 2.43. The average Bonchev–Trinajstić information content (AvgIpc) is 3.57. The summed E-state index contributed by atoms with van der Waals surface area (Å²) in [6, 6.07) is -3.79. The number of fused-ring (bicyclic) bond motifs is 1. The quantitative estimate of drug-likeness (QED) is 0.235. The van der Waals surface area contributed by atoms with Crippen LogP contribution in [0.1, 0.15) is 97.0 Å². The third-order valence-corrected chi connectivity index (χ3v) is 9.22. The molecule has 1 aromatic heterocycles. The Morgan fingerprint density at radius 2 is 1.70 bits per heavy atom. The van der Waals surface area contributed by atoms with Crippen LogP contribution in [0.4, 0.5) is 0 Å². The average molecular weight is 640 g/mol. The molecule has 46 heavy (non-hydrogen) atoms. The Hall–Kier alpha value is -3.90. The van der Waals surface area contributed by atoms with E-state index >= 15 is 0 Å². The molecule has 13 heteroatoms. The summed E-state index contributed by atoms with van der Waals surface area (Å²) in [5, 5.41) is 11.2. The van der Waals surface area contributed by atoms with E-state index in [1.807, 2.05) is 27.7 Å². The predicted molar refractivity (Wildman–Crippen MR) is 169 cm³/mol. The van der Waals surface area contributed by atoms with Gasteiger partial charge in [-0.1, -0.05) is 54.4 Å². The summed E-state index contributed by atoms with van der Waals surface area (Å²) in [5.74, 6) is -3.61. The third-order valence-electron chi connectivity index (χ3n) is 9.22. The summed E-state index contributed by atoms with van der Waals surface area (Å²) in [7, 11) is 0. The Morgan fingerprint density at radius 1 is 0.978 bits per heavy atom. The second-order valence-corrected chi connectivity index (χ2v) is 14.3. The normalized spacial score (nSPS) is 22.8. The Morgan fingerprint density at radius 3 is 2.28 bits per heavy atom. The van der Waals surface area contributed by atoms with Gasteiger partial charge in [-0.05, 0) is 55.3 Å². The van der Waals surface area contributed by atoms with E-state index in [1.54, 1.807) is 18.7 Å². The van der Waals surface area contributed by atoms with Gasteiger partial charge in [0.05, 0.1) is 12.2 Å². The number of amides is 5. The molecular formula is C33H49N7O6. The van der Waals surface area contributed by atoms with Crippen molar-refractivity contribution in [2.75, 3.05) is 6.54 Å². The Bertz CT molecular complexity index is 1310. The van der Waals surface area contributed by atoms with Crippen LogP contribution in [0.3, 0.4) is 0 Å². The summed E-state index contributed by atoms with van der Waals surface area (Å²) < 4.78 is 0. The van der Waals surface area contributed by atoms with Crippen LogP contribution in [0.25, 0.3) is 0 Å². The van der Waals surface area contributed by atoms with Gasteiger partial charge in [-0.25, -0.2) is 4.98 Å². The molecule has 2 aliphatic carbocycles. The van der Waals surface area contributed by atoms with E-state index in [4.69, 9.17) is 0 Å². The molecule has 1 saturated heterocycles.